The van der Waals surface area contributed by atoms with E-state index in [0.29, 0.717) is 11.8 Å². The molecule has 1 aliphatic carbocycles. The molecule has 56 valence electrons. The minimum absolute atomic E-state index is 0.176. The minimum atomic E-state index is -0.646. The molecule has 2 rings (SSSR count). The van der Waals surface area contributed by atoms with Gasteiger partial charge in [0.05, 0.1) is 0 Å². The first-order valence-corrected chi connectivity index (χ1v) is 3.63. The van der Waals surface area contributed by atoms with Crippen molar-refractivity contribution in [2.45, 2.75) is 12.5 Å². The number of fused-ring (bicyclic) bond motifs is 1. The van der Waals surface area contributed by atoms with E-state index in [0.717, 1.165) is 13.0 Å². The number of rotatable bonds is 1. The van der Waals surface area contributed by atoms with Gasteiger partial charge in [0, 0.05) is 6.54 Å². The molecule has 2 fully saturated rings. The first-order chi connectivity index (χ1) is 4.70. The number of hydrogen-bond donors (Lipinski definition) is 1. The van der Waals surface area contributed by atoms with Crippen molar-refractivity contribution < 1.29 is 9.90 Å². The molecule has 0 bridgehead atoms. The van der Waals surface area contributed by atoms with Crippen LogP contribution >= 0.6 is 0 Å². The monoisotopic (exact) mass is 141 g/mol. The molecule has 1 unspecified atom stereocenters. The van der Waals surface area contributed by atoms with Gasteiger partial charge in [-0.05, 0) is 25.3 Å². The van der Waals surface area contributed by atoms with Crippen LogP contribution < -0.4 is 0 Å². The summed E-state index contributed by atoms with van der Waals surface area (Å²) in [7, 11) is 1.89. The maximum absolute atomic E-state index is 10.6. The summed E-state index contributed by atoms with van der Waals surface area (Å²) in [6.45, 7) is 0.988. The molecule has 1 N–H and O–H groups in total. The van der Waals surface area contributed by atoms with Crippen LogP contribution in [-0.2, 0) is 4.79 Å². The molecule has 3 nitrogen and oxygen atoms in total. The second-order valence-corrected chi connectivity index (χ2v) is 3.38. The van der Waals surface area contributed by atoms with E-state index in [9.17, 15) is 4.79 Å². The summed E-state index contributed by atoms with van der Waals surface area (Å²) in [5, 5.41) is 8.74. The standard InChI is InChI=1S/C7H11NO2/c1-8-3-4-2-5(4)6(8)7(9)10/h4-6H,2-3H2,1H3,(H,9,10)/t4-,5-,6?/m1/s1. The first-order valence-electron chi connectivity index (χ1n) is 3.63. The SMILES string of the molecule is CN1C[C@H]2C[C@H]2C1C(=O)O. The second kappa shape index (κ2) is 1.72. The summed E-state index contributed by atoms with van der Waals surface area (Å²) >= 11 is 0. The van der Waals surface area contributed by atoms with Crippen LogP contribution in [0.15, 0.2) is 0 Å². The Balaban J connectivity index is 2.12. The molecule has 0 aromatic heterocycles. The average Bonchev–Trinajstić information content (AvgIpc) is 2.42. The Morgan fingerprint density at radius 1 is 1.70 bits per heavy atom. The lowest BCUT2D eigenvalue weighted by molar-refractivity contribution is -0.142. The fourth-order valence-electron chi connectivity index (χ4n) is 2.05. The minimum Gasteiger partial charge on any atom is -0.480 e. The number of carboxylic acids is 1. The zero-order valence-electron chi connectivity index (χ0n) is 5.95. The van der Waals surface area contributed by atoms with Crippen LogP contribution in [0.1, 0.15) is 6.42 Å². The highest BCUT2D eigenvalue weighted by molar-refractivity contribution is 5.75. The molecule has 1 heterocycles. The van der Waals surface area contributed by atoms with Gasteiger partial charge in [-0.2, -0.15) is 0 Å². The van der Waals surface area contributed by atoms with E-state index in [4.69, 9.17) is 5.11 Å². The van der Waals surface area contributed by atoms with Gasteiger partial charge in [0.1, 0.15) is 6.04 Å². The molecule has 2 aliphatic rings. The third-order valence-corrected chi connectivity index (χ3v) is 2.63. The lowest BCUT2D eigenvalue weighted by Gasteiger charge is -2.17. The quantitative estimate of drug-likeness (QED) is 0.559. The topological polar surface area (TPSA) is 40.5 Å². The zero-order valence-corrected chi connectivity index (χ0v) is 5.95. The Bertz CT molecular complexity index is 178. The van der Waals surface area contributed by atoms with Crippen LogP contribution in [0.25, 0.3) is 0 Å². The second-order valence-electron chi connectivity index (χ2n) is 3.38. The van der Waals surface area contributed by atoms with Crippen LogP contribution in [0.4, 0.5) is 0 Å². The molecule has 0 spiro atoms. The van der Waals surface area contributed by atoms with Crippen molar-refractivity contribution in [3.05, 3.63) is 0 Å². The number of nitrogens with zero attached hydrogens (tertiary/aromatic N) is 1. The molecule has 0 radical (unpaired) electrons. The van der Waals surface area contributed by atoms with Crippen molar-refractivity contribution in [2.75, 3.05) is 13.6 Å². The third-order valence-electron chi connectivity index (χ3n) is 2.63. The lowest BCUT2D eigenvalue weighted by Crippen LogP contribution is -2.36. The summed E-state index contributed by atoms with van der Waals surface area (Å²) in [4.78, 5) is 12.6. The van der Waals surface area contributed by atoms with Crippen molar-refractivity contribution in [3.8, 4) is 0 Å². The Labute approximate surface area is 59.6 Å². The third kappa shape index (κ3) is 0.669. The van der Waals surface area contributed by atoms with Crippen LogP contribution in [-0.4, -0.2) is 35.6 Å². The van der Waals surface area contributed by atoms with Gasteiger partial charge in [-0.15, -0.1) is 0 Å². The van der Waals surface area contributed by atoms with E-state index in [1.807, 2.05) is 11.9 Å². The van der Waals surface area contributed by atoms with Gasteiger partial charge < -0.3 is 5.11 Å². The van der Waals surface area contributed by atoms with Crippen molar-refractivity contribution in [1.29, 1.82) is 0 Å². The molecule has 1 saturated carbocycles. The fourth-order valence-corrected chi connectivity index (χ4v) is 2.05. The molecular formula is C7H11NO2. The molecule has 0 amide bonds. The van der Waals surface area contributed by atoms with Crippen molar-refractivity contribution in [1.82, 2.24) is 4.90 Å². The van der Waals surface area contributed by atoms with E-state index in [-0.39, 0.29) is 6.04 Å². The highest BCUT2D eigenvalue weighted by Gasteiger charge is 2.54. The van der Waals surface area contributed by atoms with Crippen molar-refractivity contribution >= 4 is 5.97 Å². The van der Waals surface area contributed by atoms with E-state index in [1.165, 1.54) is 0 Å². The number of aliphatic carboxylic acids is 1. The number of carboxylic acid groups (broad SMARTS) is 1. The van der Waals surface area contributed by atoms with Gasteiger partial charge in [0.25, 0.3) is 0 Å². The largest absolute Gasteiger partial charge is 0.480 e. The summed E-state index contributed by atoms with van der Waals surface area (Å²) in [6, 6.07) is -0.176. The zero-order chi connectivity index (χ0) is 7.30. The summed E-state index contributed by atoms with van der Waals surface area (Å²) in [5.41, 5.74) is 0. The molecular weight excluding hydrogens is 130 g/mol. The van der Waals surface area contributed by atoms with Crippen LogP contribution in [0, 0.1) is 11.8 Å². The predicted octanol–water partition coefficient (Wildman–Crippen LogP) is 0.0211. The first kappa shape index (κ1) is 6.16. The van der Waals surface area contributed by atoms with Gasteiger partial charge in [-0.1, -0.05) is 0 Å². The van der Waals surface area contributed by atoms with Gasteiger partial charge in [0.15, 0.2) is 0 Å². The normalized spacial score (nSPS) is 45.1. The lowest BCUT2D eigenvalue weighted by atomic mass is 10.2. The summed E-state index contributed by atoms with van der Waals surface area (Å²) in [6.07, 6.45) is 1.14. The summed E-state index contributed by atoms with van der Waals surface area (Å²) < 4.78 is 0. The van der Waals surface area contributed by atoms with Gasteiger partial charge in [-0.3, -0.25) is 9.69 Å². The Kier molecular flexibility index (Phi) is 1.06. The Morgan fingerprint density at radius 2 is 2.40 bits per heavy atom. The Hall–Kier alpha value is -0.570. The Morgan fingerprint density at radius 3 is 2.70 bits per heavy atom. The number of hydrogen-bond acceptors (Lipinski definition) is 2. The molecule has 0 aromatic carbocycles. The van der Waals surface area contributed by atoms with Crippen molar-refractivity contribution in [3.63, 3.8) is 0 Å². The van der Waals surface area contributed by atoms with Gasteiger partial charge in [0.2, 0.25) is 0 Å². The van der Waals surface area contributed by atoms with E-state index in [2.05, 4.69) is 0 Å². The smallest absolute Gasteiger partial charge is 0.321 e. The van der Waals surface area contributed by atoms with Gasteiger partial charge >= 0.3 is 5.97 Å². The van der Waals surface area contributed by atoms with Crippen LogP contribution in [0.3, 0.4) is 0 Å². The highest BCUT2D eigenvalue weighted by atomic mass is 16.4. The fraction of sp³-hybridized carbons (Fsp3) is 0.857. The maximum atomic E-state index is 10.6. The molecule has 0 aromatic rings. The maximum Gasteiger partial charge on any atom is 0.321 e. The van der Waals surface area contributed by atoms with Crippen LogP contribution in [0.2, 0.25) is 0 Å². The number of likely N-dealkylation sites (N-methyl/N-ethyl adjacent to an activating group) is 1. The van der Waals surface area contributed by atoms with Crippen LogP contribution in [0.5, 0.6) is 0 Å². The number of carbonyl (C=O) groups is 1. The average molecular weight is 141 g/mol. The van der Waals surface area contributed by atoms with E-state index >= 15 is 0 Å². The number of piperidine rings is 1. The summed E-state index contributed by atoms with van der Waals surface area (Å²) in [5.74, 6) is 0.529. The predicted molar refractivity (Wildman–Crippen MR) is 35.7 cm³/mol. The van der Waals surface area contributed by atoms with E-state index < -0.39 is 5.97 Å². The molecule has 10 heavy (non-hydrogen) atoms. The highest BCUT2D eigenvalue weighted by Crippen LogP contribution is 2.48. The van der Waals surface area contributed by atoms with Gasteiger partial charge in [-0.25, -0.2) is 0 Å². The number of likely N-dealkylation sites (tertiary alicyclic amines) is 1. The molecule has 3 heteroatoms. The van der Waals surface area contributed by atoms with Crippen molar-refractivity contribution in [2.24, 2.45) is 11.8 Å². The molecule has 3 atom stereocenters. The molecule has 1 aliphatic heterocycles. The van der Waals surface area contributed by atoms with E-state index in [1.54, 1.807) is 0 Å². The molecule has 1 saturated heterocycles.